The Kier molecular flexibility index (Phi) is 6.41. The van der Waals surface area contributed by atoms with Crippen LogP contribution in [0.2, 0.25) is 5.02 Å². The van der Waals surface area contributed by atoms with Crippen LogP contribution in [-0.4, -0.2) is 37.3 Å². The summed E-state index contributed by atoms with van der Waals surface area (Å²) in [6.07, 6.45) is 1.71. The maximum atomic E-state index is 12.7. The van der Waals surface area contributed by atoms with Crippen molar-refractivity contribution in [3.05, 3.63) is 53.2 Å². The first-order valence-electron chi connectivity index (χ1n) is 8.61. The Balaban J connectivity index is 1.91. The van der Waals surface area contributed by atoms with E-state index in [1.54, 1.807) is 22.9 Å². The molecule has 0 radical (unpaired) electrons. The number of alkyl halides is 2. The second kappa shape index (κ2) is 9.00. The van der Waals surface area contributed by atoms with Gasteiger partial charge >= 0.3 is 12.6 Å². The standard InChI is InChI=1S/C20H17ClF2N2O5/c1-28-16-8-13(19(27)29-2)14(9-17(16)30-20(22)23)24-18(26)10-25-6-5-11-3-4-12(21)7-15(11)25/h3-9,20H,10H2,1-2H3,(H,24,26). The summed E-state index contributed by atoms with van der Waals surface area (Å²) in [5.74, 6) is -1.75. The van der Waals surface area contributed by atoms with E-state index in [1.165, 1.54) is 7.11 Å². The van der Waals surface area contributed by atoms with Gasteiger partial charge in [0.2, 0.25) is 5.91 Å². The number of hydrogen-bond donors (Lipinski definition) is 1. The van der Waals surface area contributed by atoms with E-state index in [2.05, 4.69) is 10.1 Å². The summed E-state index contributed by atoms with van der Waals surface area (Å²) in [5, 5.41) is 3.94. The van der Waals surface area contributed by atoms with Crippen LogP contribution in [0.3, 0.4) is 0 Å². The number of ether oxygens (including phenoxy) is 3. The largest absolute Gasteiger partial charge is 0.493 e. The van der Waals surface area contributed by atoms with E-state index in [-0.39, 0.29) is 29.3 Å². The number of amides is 1. The summed E-state index contributed by atoms with van der Waals surface area (Å²) >= 11 is 6.02. The van der Waals surface area contributed by atoms with Gasteiger partial charge in [-0.2, -0.15) is 8.78 Å². The van der Waals surface area contributed by atoms with Gasteiger partial charge in [-0.05, 0) is 23.6 Å². The lowest BCUT2D eigenvalue weighted by Gasteiger charge is -2.16. The van der Waals surface area contributed by atoms with Crippen molar-refractivity contribution in [3.63, 3.8) is 0 Å². The monoisotopic (exact) mass is 438 g/mol. The average molecular weight is 439 g/mol. The van der Waals surface area contributed by atoms with Gasteiger partial charge in [-0.3, -0.25) is 4.79 Å². The third kappa shape index (κ3) is 4.62. The van der Waals surface area contributed by atoms with Crippen LogP contribution in [0, 0.1) is 0 Å². The van der Waals surface area contributed by atoms with Crippen LogP contribution >= 0.6 is 11.6 Å². The lowest BCUT2D eigenvalue weighted by Crippen LogP contribution is -2.20. The van der Waals surface area contributed by atoms with E-state index in [9.17, 15) is 18.4 Å². The first-order valence-corrected chi connectivity index (χ1v) is 8.99. The van der Waals surface area contributed by atoms with Crippen LogP contribution in [0.15, 0.2) is 42.6 Å². The molecule has 1 aromatic heterocycles. The summed E-state index contributed by atoms with van der Waals surface area (Å²) < 4.78 is 41.2. The number of esters is 1. The Hall–Kier alpha value is -3.33. The normalized spacial score (nSPS) is 10.9. The predicted octanol–water partition coefficient (Wildman–Crippen LogP) is 4.33. The lowest BCUT2D eigenvalue weighted by atomic mass is 10.1. The summed E-state index contributed by atoms with van der Waals surface area (Å²) in [6, 6.07) is 9.33. The van der Waals surface area contributed by atoms with Gasteiger partial charge in [0.15, 0.2) is 11.5 Å². The minimum atomic E-state index is -3.12. The SMILES string of the molecule is COC(=O)c1cc(OC)c(OC(F)F)cc1NC(=O)Cn1ccc2ccc(Cl)cc21. The molecule has 0 saturated heterocycles. The molecule has 0 fully saturated rings. The van der Waals surface area contributed by atoms with Crippen LogP contribution < -0.4 is 14.8 Å². The molecular weight excluding hydrogens is 422 g/mol. The number of carbonyl (C=O) groups excluding carboxylic acids is 2. The zero-order valence-corrected chi connectivity index (χ0v) is 16.7. The summed E-state index contributed by atoms with van der Waals surface area (Å²) in [6.45, 7) is -3.23. The zero-order valence-electron chi connectivity index (χ0n) is 15.9. The smallest absolute Gasteiger partial charge is 0.387 e. The molecule has 7 nitrogen and oxygen atoms in total. The van der Waals surface area contributed by atoms with Gasteiger partial charge in [0, 0.05) is 28.9 Å². The van der Waals surface area contributed by atoms with Gasteiger partial charge in [-0.25, -0.2) is 4.79 Å². The van der Waals surface area contributed by atoms with Gasteiger partial charge in [0.05, 0.1) is 25.5 Å². The highest BCUT2D eigenvalue weighted by Crippen LogP contribution is 2.35. The van der Waals surface area contributed by atoms with Crippen molar-refractivity contribution >= 4 is 40.1 Å². The second-order valence-electron chi connectivity index (χ2n) is 6.11. The summed E-state index contributed by atoms with van der Waals surface area (Å²) in [5.41, 5.74) is 0.602. The molecule has 3 rings (SSSR count). The van der Waals surface area contributed by atoms with Gasteiger partial charge < -0.3 is 24.1 Å². The van der Waals surface area contributed by atoms with Gasteiger partial charge in [-0.1, -0.05) is 17.7 Å². The molecule has 1 N–H and O–H groups in total. The molecular formula is C20H17ClF2N2O5. The van der Waals surface area contributed by atoms with Crippen LogP contribution in [0.1, 0.15) is 10.4 Å². The van der Waals surface area contributed by atoms with Crippen LogP contribution in [0.5, 0.6) is 11.5 Å². The van der Waals surface area contributed by atoms with Gasteiger partial charge in [0.25, 0.3) is 0 Å². The molecule has 10 heteroatoms. The van der Waals surface area contributed by atoms with Crippen molar-refractivity contribution in [2.45, 2.75) is 13.2 Å². The predicted molar refractivity (Wildman–Crippen MR) is 107 cm³/mol. The second-order valence-corrected chi connectivity index (χ2v) is 6.55. The first-order chi connectivity index (χ1) is 14.3. The number of benzene rings is 2. The Morgan fingerprint density at radius 1 is 1.13 bits per heavy atom. The molecule has 0 bridgehead atoms. The third-order valence-corrected chi connectivity index (χ3v) is 4.48. The summed E-state index contributed by atoms with van der Waals surface area (Å²) in [7, 11) is 2.38. The highest BCUT2D eigenvalue weighted by atomic mass is 35.5. The van der Waals surface area contributed by atoms with Crippen molar-refractivity contribution in [1.82, 2.24) is 4.57 Å². The minimum absolute atomic E-state index is 0.0576. The zero-order chi connectivity index (χ0) is 21.8. The molecule has 0 saturated carbocycles. The number of anilines is 1. The molecule has 158 valence electrons. The molecule has 0 aliphatic rings. The highest BCUT2D eigenvalue weighted by Gasteiger charge is 2.21. The van der Waals surface area contributed by atoms with Crippen molar-refractivity contribution < 1.29 is 32.6 Å². The van der Waals surface area contributed by atoms with Crippen molar-refractivity contribution in [2.75, 3.05) is 19.5 Å². The lowest BCUT2D eigenvalue weighted by molar-refractivity contribution is -0.116. The van der Waals surface area contributed by atoms with E-state index < -0.39 is 18.5 Å². The van der Waals surface area contributed by atoms with E-state index in [4.69, 9.17) is 21.1 Å². The maximum absolute atomic E-state index is 12.7. The molecule has 0 unspecified atom stereocenters. The molecule has 1 amide bonds. The number of rotatable bonds is 7. The number of nitrogens with one attached hydrogen (secondary N) is 1. The molecule has 0 atom stereocenters. The number of hydrogen-bond acceptors (Lipinski definition) is 5. The fourth-order valence-electron chi connectivity index (χ4n) is 2.93. The number of carbonyl (C=O) groups is 2. The average Bonchev–Trinajstić information content (AvgIpc) is 3.08. The molecule has 30 heavy (non-hydrogen) atoms. The number of halogens is 3. The highest BCUT2D eigenvalue weighted by molar-refractivity contribution is 6.31. The molecule has 2 aromatic carbocycles. The number of nitrogens with zero attached hydrogens (tertiary/aromatic N) is 1. The number of aromatic nitrogens is 1. The van der Waals surface area contributed by atoms with Crippen molar-refractivity contribution in [3.8, 4) is 11.5 Å². The van der Waals surface area contributed by atoms with E-state index in [1.807, 2.05) is 12.1 Å². The Morgan fingerprint density at radius 3 is 2.57 bits per heavy atom. The molecule has 1 heterocycles. The van der Waals surface area contributed by atoms with Gasteiger partial charge in [0.1, 0.15) is 6.54 Å². The van der Waals surface area contributed by atoms with E-state index >= 15 is 0 Å². The van der Waals surface area contributed by atoms with Crippen LogP contribution in [0.4, 0.5) is 14.5 Å². The minimum Gasteiger partial charge on any atom is -0.493 e. The fourth-order valence-corrected chi connectivity index (χ4v) is 3.10. The summed E-state index contributed by atoms with van der Waals surface area (Å²) in [4.78, 5) is 24.7. The van der Waals surface area contributed by atoms with Crippen molar-refractivity contribution in [1.29, 1.82) is 0 Å². The Morgan fingerprint density at radius 2 is 1.90 bits per heavy atom. The third-order valence-electron chi connectivity index (χ3n) is 4.25. The Labute approximate surface area is 175 Å². The number of fused-ring (bicyclic) bond motifs is 1. The Bertz CT molecular complexity index is 1100. The first kappa shape index (κ1) is 21.4. The van der Waals surface area contributed by atoms with E-state index in [0.29, 0.717) is 5.02 Å². The number of methoxy groups -OCH3 is 2. The fraction of sp³-hybridized carbons (Fsp3) is 0.200. The molecule has 3 aromatic rings. The molecule has 0 spiro atoms. The van der Waals surface area contributed by atoms with E-state index in [0.717, 1.165) is 30.1 Å². The van der Waals surface area contributed by atoms with Crippen LogP contribution in [0.25, 0.3) is 10.9 Å². The van der Waals surface area contributed by atoms with Crippen LogP contribution in [-0.2, 0) is 16.1 Å². The molecule has 0 aliphatic carbocycles. The van der Waals surface area contributed by atoms with Crippen molar-refractivity contribution in [2.24, 2.45) is 0 Å². The quantitative estimate of drug-likeness (QED) is 0.555. The topological polar surface area (TPSA) is 78.8 Å². The molecule has 0 aliphatic heterocycles. The maximum Gasteiger partial charge on any atom is 0.387 e. The van der Waals surface area contributed by atoms with Gasteiger partial charge in [-0.15, -0.1) is 0 Å².